The van der Waals surface area contributed by atoms with Gasteiger partial charge in [-0.3, -0.25) is 0 Å². The van der Waals surface area contributed by atoms with Crippen molar-refractivity contribution in [2.75, 3.05) is 0 Å². The molecule has 0 aliphatic carbocycles. The summed E-state index contributed by atoms with van der Waals surface area (Å²) in [6.45, 7) is 0. The number of phenols is 1. The molecule has 0 unspecified atom stereocenters. The second kappa shape index (κ2) is 3.13. The number of aromatic hydroxyl groups is 1. The zero-order chi connectivity index (χ0) is 7.56. The Morgan fingerprint density at radius 3 is 2.50 bits per heavy atom. The molecule has 1 nitrogen and oxygen atoms in total. The van der Waals surface area contributed by atoms with E-state index in [2.05, 4.69) is 0 Å². The summed E-state index contributed by atoms with van der Waals surface area (Å²) in [5.41, 5.74) is 0.589. The van der Waals surface area contributed by atoms with E-state index in [-0.39, 0.29) is 11.6 Å². The molecule has 0 heterocycles. The maximum atomic E-state index is 9.12. The van der Waals surface area contributed by atoms with Gasteiger partial charge in [0.2, 0.25) is 0 Å². The number of rotatable bonds is 1. The first-order chi connectivity index (χ1) is 4.75. The van der Waals surface area contributed by atoms with Gasteiger partial charge in [-0.15, -0.1) is 11.6 Å². The van der Waals surface area contributed by atoms with Crippen molar-refractivity contribution < 1.29 is 5.11 Å². The zero-order valence-corrected chi connectivity index (χ0v) is 6.65. The minimum absolute atomic E-state index is 0.155. The van der Waals surface area contributed by atoms with Crippen LogP contribution in [0.4, 0.5) is 0 Å². The number of halogens is 2. The standard InChI is InChI=1S/C7H6Cl2O/c8-4-5-6(9)2-1-3-7(5)10/h1-3,10H,4H2. The lowest BCUT2D eigenvalue weighted by molar-refractivity contribution is 0.470. The molecular formula is C7H6Cl2O. The summed E-state index contributed by atoms with van der Waals surface area (Å²) < 4.78 is 0. The molecule has 1 aromatic rings. The normalized spacial score (nSPS) is 9.80. The summed E-state index contributed by atoms with van der Waals surface area (Å²) >= 11 is 11.2. The smallest absolute Gasteiger partial charge is 0.121 e. The van der Waals surface area contributed by atoms with Crippen LogP contribution in [0, 0.1) is 0 Å². The topological polar surface area (TPSA) is 20.2 Å². The van der Waals surface area contributed by atoms with Gasteiger partial charge in [0.15, 0.2) is 0 Å². The van der Waals surface area contributed by atoms with E-state index in [1.807, 2.05) is 0 Å². The van der Waals surface area contributed by atoms with Gasteiger partial charge in [-0.05, 0) is 12.1 Å². The van der Waals surface area contributed by atoms with Crippen LogP contribution >= 0.6 is 23.2 Å². The summed E-state index contributed by atoms with van der Waals surface area (Å²) in [4.78, 5) is 0. The lowest BCUT2D eigenvalue weighted by Crippen LogP contribution is -1.79. The molecular weight excluding hydrogens is 171 g/mol. The quantitative estimate of drug-likeness (QED) is 0.654. The van der Waals surface area contributed by atoms with Gasteiger partial charge in [-0.2, -0.15) is 0 Å². The van der Waals surface area contributed by atoms with Crippen molar-refractivity contribution in [3.8, 4) is 5.75 Å². The Bertz CT molecular complexity index is 215. The second-order valence-electron chi connectivity index (χ2n) is 1.87. The Morgan fingerprint density at radius 1 is 1.40 bits per heavy atom. The average Bonchev–Trinajstić information content (AvgIpc) is 1.88. The van der Waals surface area contributed by atoms with Gasteiger partial charge >= 0.3 is 0 Å². The molecule has 1 rings (SSSR count). The fraction of sp³-hybridized carbons (Fsp3) is 0.143. The predicted molar refractivity (Wildman–Crippen MR) is 42.7 cm³/mol. The molecule has 1 N–H and O–H groups in total. The van der Waals surface area contributed by atoms with Crippen LogP contribution in [0.25, 0.3) is 0 Å². The van der Waals surface area contributed by atoms with E-state index >= 15 is 0 Å². The Labute approximate surface area is 69.2 Å². The van der Waals surface area contributed by atoms with Crippen molar-refractivity contribution >= 4 is 23.2 Å². The summed E-state index contributed by atoms with van der Waals surface area (Å²) in [6, 6.07) is 4.93. The van der Waals surface area contributed by atoms with E-state index in [4.69, 9.17) is 28.3 Å². The van der Waals surface area contributed by atoms with Crippen molar-refractivity contribution in [1.29, 1.82) is 0 Å². The molecule has 10 heavy (non-hydrogen) atoms. The van der Waals surface area contributed by atoms with Gasteiger partial charge in [0.1, 0.15) is 5.75 Å². The molecule has 54 valence electrons. The van der Waals surface area contributed by atoms with Crippen molar-refractivity contribution in [3.05, 3.63) is 28.8 Å². The molecule has 0 aliphatic rings. The number of benzene rings is 1. The highest BCUT2D eigenvalue weighted by Crippen LogP contribution is 2.26. The molecule has 0 fully saturated rings. The van der Waals surface area contributed by atoms with Gasteiger partial charge in [-0.1, -0.05) is 17.7 Å². The molecule has 0 atom stereocenters. The van der Waals surface area contributed by atoms with E-state index in [9.17, 15) is 0 Å². The minimum Gasteiger partial charge on any atom is -0.508 e. The highest BCUT2D eigenvalue weighted by atomic mass is 35.5. The fourth-order valence-electron chi connectivity index (χ4n) is 0.680. The summed E-state index contributed by atoms with van der Waals surface area (Å²) in [5, 5.41) is 9.63. The molecule has 0 aliphatic heterocycles. The number of alkyl halides is 1. The summed E-state index contributed by atoms with van der Waals surface area (Å²) in [5.74, 6) is 0.397. The molecule has 0 amide bonds. The third-order valence-corrected chi connectivity index (χ3v) is 1.85. The first kappa shape index (κ1) is 7.70. The second-order valence-corrected chi connectivity index (χ2v) is 2.55. The van der Waals surface area contributed by atoms with Gasteiger partial charge in [0.05, 0.1) is 5.88 Å². The predicted octanol–water partition coefficient (Wildman–Crippen LogP) is 2.78. The molecule has 0 radical (unpaired) electrons. The maximum Gasteiger partial charge on any atom is 0.121 e. The van der Waals surface area contributed by atoms with Crippen molar-refractivity contribution in [2.24, 2.45) is 0 Å². The lowest BCUT2D eigenvalue weighted by atomic mass is 10.2. The minimum atomic E-state index is 0.155. The number of phenolic OH excluding ortho intramolecular Hbond substituents is 1. The van der Waals surface area contributed by atoms with Gasteiger partial charge in [0, 0.05) is 10.6 Å². The lowest BCUT2D eigenvalue weighted by Gasteiger charge is -2.00. The van der Waals surface area contributed by atoms with E-state index in [1.165, 1.54) is 0 Å². The van der Waals surface area contributed by atoms with Crippen LogP contribution in [0.2, 0.25) is 5.02 Å². The van der Waals surface area contributed by atoms with E-state index in [1.54, 1.807) is 18.2 Å². The Kier molecular flexibility index (Phi) is 2.41. The van der Waals surface area contributed by atoms with Gasteiger partial charge in [-0.25, -0.2) is 0 Å². The van der Waals surface area contributed by atoms with Crippen LogP contribution in [0.15, 0.2) is 18.2 Å². The molecule has 0 spiro atoms. The monoisotopic (exact) mass is 176 g/mol. The van der Waals surface area contributed by atoms with E-state index in [0.717, 1.165) is 0 Å². The van der Waals surface area contributed by atoms with Crippen LogP contribution < -0.4 is 0 Å². The van der Waals surface area contributed by atoms with Crippen molar-refractivity contribution in [2.45, 2.75) is 5.88 Å². The molecule has 0 saturated carbocycles. The van der Waals surface area contributed by atoms with E-state index < -0.39 is 0 Å². The Hall–Kier alpha value is -0.400. The first-order valence-electron chi connectivity index (χ1n) is 2.78. The van der Waals surface area contributed by atoms with E-state index in [0.29, 0.717) is 10.6 Å². The third-order valence-electron chi connectivity index (χ3n) is 1.23. The molecule has 0 aromatic heterocycles. The van der Waals surface area contributed by atoms with Crippen LogP contribution in [0.1, 0.15) is 5.56 Å². The first-order valence-corrected chi connectivity index (χ1v) is 3.69. The SMILES string of the molecule is Oc1cccc(Cl)c1CCl. The third kappa shape index (κ3) is 1.36. The fourth-order valence-corrected chi connectivity index (χ4v) is 1.27. The van der Waals surface area contributed by atoms with Crippen LogP contribution in [0.5, 0.6) is 5.75 Å². The average molecular weight is 177 g/mol. The zero-order valence-electron chi connectivity index (χ0n) is 5.14. The summed E-state index contributed by atoms with van der Waals surface area (Å²) in [6.07, 6.45) is 0. The largest absolute Gasteiger partial charge is 0.508 e. The molecule has 0 bridgehead atoms. The molecule has 1 aromatic carbocycles. The Balaban J connectivity index is 3.17. The van der Waals surface area contributed by atoms with Crippen LogP contribution in [0.3, 0.4) is 0 Å². The molecule has 0 saturated heterocycles. The van der Waals surface area contributed by atoms with Gasteiger partial charge in [0.25, 0.3) is 0 Å². The van der Waals surface area contributed by atoms with Crippen molar-refractivity contribution in [3.63, 3.8) is 0 Å². The Morgan fingerprint density at radius 2 is 2.10 bits per heavy atom. The van der Waals surface area contributed by atoms with Crippen molar-refractivity contribution in [1.82, 2.24) is 0 Å². The highest BCUT2D eigenvalue weighted by molar-refractivity contribution is 6.32. The molecule has 3 heteroatoms. The maximum absolute atomic E-state index is 9.12. The van der Waals surface area contributed by atoms with Gasteiger partial charge < -0.3 is 5.11 Å². The van der Waals surface area contributed by atoms with Crippen LogP contribution in [-0.2, 0) is 5.88 Å². The highest BCUT2D eigenvalue weighted by Gasteiger charge is 2.02. The summed E-state index contributed by atoms with van der Waals surface area (Å²) in [7, 11) is 0. The number of hydrogen-bond acceptors (Lipinski definition) is 1. The number of hydrogen-bond donors (Lipinski definition) is 1. The van der Waals surface area contributed by atoms with Crippen LogP contribution in [-0.4, -0.2) is 5.11 Å².